The SMILES string of the molecule is CC1CCN(Cc2noc(-c3ccccc3Cl)n2)CC1N. The number of hydrogen-bond acceptors (Lipinski definition) is 5. The van der Waals surface area contributed by atoms with E-state index in [2.05, 4.69) is 22.0 Å². The van der Waals surface area contributed by atoms with Crippen molar-refractivity contribution in [3.63, 3.8) is 0 Å². The highest BCUT2D eigenvalue weighted by atomic mass is 35.5. The van der Waals surface area contributed by atoms with Crippen LogP contribution >= 0.6 is 11.6 Å². The summed E-state index contributed by atoms with van der Waals surface area (Å²) in [7, 11) is 0. The van der Waals surface area contributed by atoms with Crippen molar-refractivity contribution in [2.75, 3.05) is 13.1 Å². The Morgan fingerprint density at radius 3 is 3.00 bits per heavy atom. The van der Waals surface area contributed by atoms with Gasteiger partial charge in [-0.25, -0.2) is 0 Å². The van der Waals surface area contributed by atoms with Gasteiger partial charge in [0.05, 0.1) is 17.1 Å². The minimum Gasteiger partial charge on any atom is -0.334 e. The molecule has 2 N–H and O–H groups in total. The molecular formula is C15H19ClN4O. The van der Waals surface area contributed by atoms with Gasteiger partial charge in [0.1, 0.15) is 0 Å². The molecule has 5 nitrogen and oxygen atoms in total. The van der Waals surface area contributed by atoms with Crippen LogP contribution in [0.2, 0.25) is 5.02 Å². The maximum atomic E-state index is 6.14. The zero-order valence-electron chi connectivity index (χ0n) is 12.0. The molecular weight excluding hydrogens is 288 g/mol. The van der Waals surface area contributed by atoms with Crippen molar-refractivity contribution >= 4 is 11.6 Å². The number of piperidine rings is 1. The van der Waals surface area contributed by atoms with E-state index in [1.165, 1.54) is 0 Å². The molecule has 0 bridgehead atoms. The van der Waals surface area contributed by atoms with E-state index in [-0.39, 0.29) is 6.04 Å². The summed E-state index contributed by atoms with van der Waals surface area (Å²) in [6, 6.07) is 7.67. The number of rotatable bonds is 3. The van der Waals surface area contributed by atoms with Gasteiger partial charge in [0.2, 0.25) is 0 Å². The summed E-state index contributed by atoms with van der Waals surface area (Å²) in [6.45, 7) is 4.75. The molecule has 2 aromatic rings. The summed E-state index contributed by atoms with van der Waals surface area (Å²) in [5, 5.41) is 4.66. The highest BCUT2D eigenvalue weighted by molar-refractivity contribution is 6.33. The maximum absolute atomic E-state index is 6.14. The predicted molar refractivity (Wildman–Crippen MR) is 81.8 cm³/mol. The van der Waals surface area contributed by atoms with Gasteiger partial charge in [0, 0.05) is 12.6 Å². The second-order valence-electron chi connectivity index (χ2n) is 5.66. The highest BCUT2D eigenvalue weighted by Crippen LogP contribution is 2.26. The average molecular weight is 307 g/mol. The number of hydrogen-bond donors (Lipinski definition) is 1. The van der Waals surface area contributed by atoms with Crippen LogP contribution in [-0.2, 0) is 6.54 Å². The molecule has 6 heteroatoms. The van der Waals surface area contributed by atoms with Crippen LogP contribution in [0.3, 0.4) is 0 Å². The van der Waals surface area contributed by atoms with Gasteiger partial charge < -0.3 is 10.3 Å². The van der Waals surface area contributed by atoms with E-state index in [1.54, 1.807) is 0 Å². The van der Waals surface area contributed by atoms with Gasteiger partial charge in [0.15, 0.2) is 5.82 Å². The van der Waals surface area contributed by atoms with Gasteiger partial charge in [-0.3, -0.25) is 4.90 Å². The Hall–Kier alpha value is -1.43. The zero-order chi connectivity index (χ0) is 14.8. The summed E-state index contributed by atoms with van der Waals surface area (Å²) in [5.41, 5.74) is 6.88. The molecule has 2 unspecified atom stereocenters. The van der Waals surface area contributed by atoms with Gasteiger partial charge in [-0.1, -0.05) is 35.8 Å². The Morgan fingerprint density at radius 2 is 2.24 bits per heavy atom. The van der Waals surface area contributed by atoms with Crippen LogP contribution in [0.15, 0.2) is 28.8 Å². The van der Waals surface area contributed by atoms with E-state index < -0.39 is 0 Å². The van der Waals surface area contributed by atoms with Crippen LogP contribution in [0.25, 0.3) is 11.5 Å². The van der Waals surface area contributed by atoms with Crippen LogP contribution in [0.5, 0.6) is 0 Å². The Morgan fingerprint density at radius 1 is 1.43 bits per heavy atom. The van der Waals surface area contributed by atoms with Crippen LogP contribution in [-0.4, -0.2) is 34.2 Å². The first kappa shape index (κ1) is 14.5. The lowest BCUT2D eigenvalue weighted by molar-refractivity contribution is 0.157. The first-order chi connectivity index (χ1) is 10.1. The molecule has 0 radical (unpaired) electrons. The van der Waals surface area contributed by atoms with Crippen LogP contribution in [0.1, 0.15) is 19.2 Å². The number of nitrogens with two attached hydrogens (primary N) is 1. The fourth-order valence-corrected chi connectivity index (χ4v) is 2.79. The lowest BCUT2D eigenvalue weighted by atomic mass is 9.94. The van der Waals surface area contributed by atoms with Crippen LogP contribution in [0, 0.1) is 5.92 Å². The minimum atomic E-state index is 0.216. The molecule has 112 valence electrons. The smallest absolute Gasteiger partial charge is 0.259 e. The molecule has 0 saturated carbocycles. The lowest BCUT2D eigenvalue weighted by Crippen LogP contribution is -2.47. The van der Waals surface area contributed by atoms with E-state index in [0.29, 0.717) is 29.2 Å². The summed E-state index contributed by atoms with van der Waals surface area (Å²) in [4.78, 5) is 6.70. The molecule has 0 amide bonds. The molecule has 0 spiro atoms. The van der Waals surface area contributed by atoms with Crippen molar-refractivity contribution in [3.8, 4) is 11.5 Å². The molecule has 0 aliphatic carbocycles. The number of nitrogens with zero attached hydrogens (tertiary/aromatic N) is 3. The van der Waals surface area contributed by atoms with E-state index in [4.69, 9.17) is 21.9 Å². The summed E-state index contributed by atoms with van der Waals surface area (Å²) in [6.07, 6.45) is 1.11. The van der Waals surface area contributed by atoms with Gasteiger partial charge >= 0.3 is 0 Å². The van der Waals surface area contributed by atoms with Gasteiger partial charge in [-0.05, 0) is 31.0 Å². The van der Waals surface area contributed by atoms with Crippen LogP contribution in [0.4, 0.5) is 0 Å². The quantitative estimate of drug-likeness (QED) is 0.944. The molecule has 2 heterocycles. The molecule has 21 heavy (non-hydrogen) atoms. The van der Waals surface area contributed by atoms with E-state index >= 15 is 0 Å². The summed E-state index contributed by atoms with van der Waals surface area (Å²) < 4.78 is 5.32. The molecule has 1 fully saturated rings. The monoisotopic (exact) mass is 306 g/mol. The third kappa shape index (κ3) is 3.26. The van der Waals surface area contributed by atoms with Crippen molar-refractivity contribution in [1.29, 1.82) is 0 Å². The molecule has 1 aromatic heterocycles. The van der Waals surface area contributed by atoms with E-state index in [1.807, 2.05) is 24.3 Å². The topological polar surface area (TPSA) is 68.2 Å². The van der Waals surface area contributed by atoms with Crippen molar-refractivity contribution < 1.29 is 4.52 Å². The van der Waals surface area contributed by atoms with Crippen molar-refractivity contribution in [2.45, 2.75) is 25.9 Å². The molecule has 1 aliphatic heterocycles. The Balaban J connectivity index is 1.70. The van der Waals surface area contributed by atoms with Crippen LogP contribution < -0.4 is 5.73 Å². The summed E-state index contributed by atoms with van der Waals surface area (Å²) >= 11 is 6.14. The molecule has 1 aliphatic rings. The fraction of sp³-hybridized carbons (Fsp3) is 0.467. The highest BCUT2D eigenvalue weighted by Gasteiger charge is 2.24. The first-order valence-electron chi connectivity index (χ1n) is 7.19. The second kappa shape index (κ2) is 6.13. The number of benzene rings is 1. The molecule has 3 rings (SSSR count). The number of likely N-dealkylation sites (tertiary alicyclic amines) is 1. The maximum Gasteiger partial charge on any atom is 0.259 e. The fourth-order valence-electron chi connectivity index (χ4n) is 2.58. The summed E-state index contributed by atoms with van der Waals surface area (Å²) in [5.74, 6) is 1.71. The largest absolute Gasteiger partial charge is 0.334 e. The molecule has 2 atom stereocenters. The van der Waals surface area contributed by atoms with E-state index in [9.17, 15) is 0 Å². The third-order valence-electron chi connectivity index (χ3n) is 4.04. The van der Waals surface area contributed by atoms with E-state index in [0.717, 1.165) is 25.1 Å². The average Bonchev–Trinajstić information content (AvgIpc) is 2.92. The standard InChI is InChI=1S/C15H19ClN4O/c1-10-6-7-20(8-13(10)17)9-14-18-15(21-19-14)11-4-2-3-5-12(11)16/h2-5,10,13H,6-9,17H2,1H3. The first-order valence-corrected chi connectivity index (χ1v) is 7.56. The van der Waals surface area contributed by atoms with Crippen molar-refractivity contribution in [2.24, 2.45) is 11.7 Å². The molecule has 1 saturated heterocycles. The third-order valence-corrected chi connectivity index (χ3v) is 4.37. The Labute approximate surface area is 129 Å². The predicted octanol–water partition coefficient (Wildman–Crippen LogP) is 2.56. The van der Waals surface area contributed by atoms with Gasteiger partial charge in [-0.15, -0.1) is 0 Å². The Bertz CT molecular complexity index is 615. The van der Waals surface area contributed by atoms with Gasteiger partial charge in [0.25, 0.3) is 5.89 Å². The minimum absolute atomic E-state index is 0.216. The second-order valence-corrected chi connectivity index (χ2v) is 6.07. The molecule has 1 aromatic carbocycles. The zero-order valence-corrected chi connectivity index (χ0v) is 12.8. The van der Waals surface area contributed by atoms with Crippen molar-refractivity contribution in [3.05, 3.63) is 35.1 Å². The van der Waals surface area contributed by atoms with Crippen molar-refractivity contribution in [1.82, 2.24) is 15.0 Å². The number of aromatic nitrogens is 2. The lowest BCUT2D eigenvalue weighted by Gasteiger charge is -2.34. The van der Waals surface area contributed by atoms with Gasteiger partial charge in [-0.2, -0.15) is 4.98 Å². The Kier molecular flexibility index (Phi) is 4.24. The number of halogens is 1. The normalized spacial score (nSPS) is 23.4.